The van der Waals surface area contributed by atoms with Gasteiger partial charge < -0.3 is 9.84 Å². The first-order valence-electron chi connectivity index (χ1n) is 6.78. The molecule has 0 heterocycles. The molecule has 112 valence electrons. The van der Waals surface area contributed by atoms with E-state index in [0.29, 0.717) is 18.8 Å². The van der Waals surface area contributed by atoms with E-state index in [1.165, 1.54) is 13.2 Å². The average molecular weight is 349 g/mol. The number of aliphatic hydroxyl groups is 1. The van der Waals surface area contributed by atoms with Crippen LogP contribution in [-0.2, 0) is 4.74 Å². The maximum absolute atomic E-state index is 14.1. The maximum Gasteiger partial charge on any atom is 0.146 e. The van der Waals surface area contributed by atoms with Crippen LogP contribution in [0.2, 0.25) is 0 Å². The number of rotatable bonds is 3. The van der Waals surface area contributed by atoms with Gasteiger partial charge in [-0.1, -0.05) is 6.92 Å². The van der Waals surface area contributed by atoms with Gasteiger partial charge in [0.2, 0.25) is 0 Å². The number of ether oxygens (including phenoxy) is 1. The van der Waals surface area contributed by atoms with Crippen molar-refractivity contribution in [2.24, 2.45) is 5.92 Å². The summed E-state index contributed by atoms with van der Waals surface area (Å²) in [5.74, 6) is -0.955. The van der Waals surface area contributed by atoms with Crippen LogP contribution in [0.5, 0.6) is 0 Å². The lowest BCUT2D eigenvalue weighted by molar-refractivity contribution is -0.132. The molecule has 0 aromatic heterocycles. The van der Waals surface area contributed by atoms with E-state index in [1.807, 2.05) is 0 Å². The Labute approximate surface area is 126 Å². The van der Waals surface area contributed by atoms with E-state index in [4.69, 9.17) is 4.74 Å². The van der Waals surface area contributed by atoms with Gasteiger partial charge in [-0.3, -0.25) is 0 Å². The van der Waals surface area contributed by atoms with E-state index >= 15 is 0 Å². The van der Waals surface area contributed by atoms with Gasteiger partial charge in [0.15, 0.2) is 0 Å². The zero-order valence-corrected chi connectivity index (χ0v) is 13.2. The van der Waals surface area contributed by atoms with Gasteiger partial charge in [0.25, 0.3) is 0 Å². The van der Waals surface area contributed by atoms with E-state index in [0.717, 1.165) is 18.9 Å². The average Bonchev–Trinajstić information content (AvgIpc) is 2.44. The molecule has 1 fully saturated rings. The number of hydrogen-bond acceptors (Lipinski definition) is 2. The summed E-state index contributed by atoms with van der Waals surface area (Å²) >= 11 is 3.03. The van der Waals surface area contributed by atoms with Gasteiger partial charge in [-0.25, -0.2) is 8.78 Å². The van der Waals surface area contributed by atoms with Crippen LogP contribution in [0, 0.1) is 17.6 Å². The molecule has 1 aliphatic carbocycles. The summed E-state index contributed by atoms with van der Waals surface area (Å²) in [5, 5.41) is 10.5. The second kappa shape index (κ2) is 6.08. The second-order valence-corrected chi connectivity index (χ2v) is 6.47. The summed E-state index contributed by atoms with van der Waals surface area (Å²) in [4.78, 5) is 0. The molecule has 0 aliphatic heterocycles. The molecule has 0 amide bonds. The van der Waals surface area contributed by atoms with Crippen molar-refractivity contribution < 1.29 is 18.6 Å². The third-order valence-corrected chi connectivity index (χ3v) is 4.99. The lowest BCUT2D eigenvalue weighted by Crippen LogP contribution is -2.42. The highest BCUT2D eigenvalue weighted by Gasteiger charge is 2.43. The van der Waals surface area contributed by atoms with Gasteiger partial charge in [0.1, 0.15) is 17.7 Å². The molecule has 0 bridgehead atoms. The second-order valence-electron chi connectivity index (χ2n) is 5.61. The van der Waals surface area contributed by atoms with Crippen molar-refractivity contribution in [3.8, 4) is 0 Å². The number of aliphatic hydroxyl groups excluding tert-OH is 1. The fourth-order valence-electron chi connectivity index (χ4n) is 2.90. The van der Waals surface area contributed by atoms with Crippen LogP contribution in [0.3, 0.4) is 0 Å². The lowest BCUT2D eigenvalue weighted by Gasteiger charge is -2.42. The summed E-state index contributed by atoms with van der Waals surface area (Å²) < 4.78 is 33.7. The largest absolute Gasteiger partial charge is 0.385 e. The molecule has 20 heavy (non-hydrogen) atoms. The van der Waals surface area contributed by atoms with Gasteiger partial charge in [0, 0.05) is 7.11 Å². The molecule has 1 atom stereocenters. The number of benzene rings is 1. The molecular formula is C15H19BrF2O2. The van der Waals surface area contributed by atoms with E-state index in [1.54, 1.807) is 0 Å². The smallest absolute Gasteiger partial charge is 0.146 e. The molecule has 5 heteroatoms. The van der Waals surface area contributed by atoms with E-state index in [2.05, 4.69) is 22.9 Å². The molecule has 2 rings (SSSR count). The van der Waals surface area contributed by atoms with Crippen molar-refractivity contribution in [2.75, 3.05) is 7.11 Å². The van der Waals surface area contributed by atoms with Gasteiger partial charge in [-0.05, 0) is 59.7 Å². The van der Waals surface area contributed by atoms with Crippen molar-refractivity contribution in [2.45, 2.75) is 44.3 Å². The summed E-state index contributed by atoms with van der Waals surface area (Å²) in [5.41, 5.74) is -1.22. The molecule has 0 saturated heterocycles. The highest BCUT2D eigenvalue weighted by molar-refractivity contribution is 9.10. The minimum absolute atomic E-state index is 0.142. The van der Waals surface area contributed by atoms with Crippen molar-refractivity contribution >= 4 is 15.9 Å². The Hall–Kier alpha value is -0.520. The number of methoxy groups -OCH3 is 1. The summed E-state index contributed by atoms with van der Waals surface area (Å²) in [6.07, 6.45) is 1.64. The predicted octanol–water partition coefficient (Wildman–Crippen LogP) is 4.36. The Kier molecular flexibility index (Phi) is 4.82. The van der Waals surface area contributed by atoms with Crippen LogP contribution in [0.4, 0.5) is 8.78 Å². The van der Waals surface area contributed by atoms with Crippen molar-refractivity contribution in [3.63, 3.8) is 0 Å². The van der Waals surface area contributed by atoms with Crippen molar-refractivity contribution in [3.05, 3.63) is 33.8 Å². The first-order chi connectivity index (χ1) is 9.41. The molecule has 0 spiro atoms. The highest BCUT2D eigenvalue weighted by atomic mass is 79.9. The van der Waals surface area contributed by atoms with E-state index in [9.17, 15) is 13.9 Å². The molecular weight excluding hydrogens is 330 g/mol. The molecule has 1 N–H and O–H groups in total. The van der Waals surface area contributed by atoms with Gasteiger partial charge in [0.05, 0.1) is 15.6 Å². The highest BCUT2D eigenvalue weighted by Crippen LogP contribution is 2.44. The summed E-state index contributed by atoms with van der Waals surface area (Å²) in [6.45, 7) is 2.13. The predicted molar refractivity (Wildman–Crippen MR) is 76.4 cm³/mol. The molecule has 1 aromatic carbocycles. The van der Waals surface area contributed by atoms with Crippen LogP contribution < -0.4 is 0 Å². The van der Waals surface area contributed by atoms with E-state index < -0.39 is 23.3 Å². The van der Waals surface area contributed by atoms with Gasteiger partial charge in [-0.2, -0.15) is 0 Å². The van der Waals surface area contributed by atoms with Crippen molar-refractivity contribution in [1.82, 2.24) is 0 Å². The van der Waals surface area contributed by atoms with Gasteiger partial charge >= 0.3 is 0 Å². The third kappa shape index (κ3) is 2.76. The quantitative estimate of drug-likeness (QED) is 0.822. The number of hydrogen-bond donors (Lipinski definition) is 1. The summed E-state index contributed by atoms with van der Waals surface area (Å²) in [6, 6.07) is 2.45. The molecule has 1 aromatic rings. The monoisotopic (exact) mass is 348 g/mol. The first kappa shape index (κ1) is 15.9. The normalized spacial score (nSPS) is 28.4. The standard InChI is InChI=1S/C15H19BrF2O2/c1-9-5-7-15(20-2,8-6-9)14(19)12-11(17)4-3-10(16)13(12)18/h3-4,9,14,19H,5-8H2,1-2H3. The fraction of sp³-hybridized carbons (Fsp3) is 0.600. The van der Waals surface area contributed by atoms with Crippen LogP contribution in [0.25, 0.3) is 0 Å². The van der Waals surface area contributed by atoms with Crippen LogP contribution >= 0.6 is 15.9 Å². The summed E-state index contributed by atoms with van der Waals surface area (Å²) in [7, 11) is 1.49. The van der Waals surface area contributed by atoms with Crippen LogP contribution in [-0.4, -0.2) is 17.8 Å². The SMILES string of the molecule is COC1(C(O)c2c(F)ccc(Br)c2F)CCC(C)CC1. The maximum atomic E-state index is 14.1. The number of halogens is 3. The topological polar surface area (TPSA) is 29.5 Å². The first-order valence-corrected chi connectivity index (χ1v) is 7.57. The zero-order valence-electron chi connectivity index (χ0n) is 11.6. The van der Waals surface area contributed by atoms with Crippen LogP contribution in [0.1, 0.15) is 44.3 Å². The van der Waals surface area contributed by atoms with E-state index in [-0.39, 0.29) is 10.0 Å². The molecule has 1 saturated carbocycles. The van der Waals surface area contributed by atoms with Gasteiger partial charge in [-0.15, -0.1) is 0 Å². The molecule has 1 aliphatic rings. The molecule has 1 unspecified atom stereocenters. The lowest BCUT2D eigenvalue weighted by atomic mass is 9.74. The molecule has 2 nitrogen and oxygen atoms in total. The van der Waals surface area contributed by atoms with Crippen LogP contribution in [0.15, 0.2) is 16.6 Å². The zero-order chi connectivity index (χ0) is 14.9. The molecule has 0 radical (unpaired) electrons. The fourth-order valence-corrected chi connectivity index (χ4v) is 3.24. The Morgan fingerprint density at radius 1 is 1.35 bits per heavy atom. The Morgan fingerprint density at radius 2 is 1.95 bits per heavy atom. The van der Waals surface area contributed by atoms with Crippen molar-refractivity contribution in [1.29, 1.82) is 0 Å². The minimum atomic E-state index is -1.31. The minimum Gasteiger partial charge on any atom is -0.385 e. The third-order valence-electron chi connectivity index (χ3n) is 4.38. The Morgan fingerprint density at radius 3 is 2.50 bits per heavy atom. The Bertz CT molecular complexity index is 485. The Balaban J connectivity index is 2.39.